The van der Waals surface area contributed by atoms with Crippen LogP contribution in [0.4, 0.5) is 11.5 Å². The number of halogens is 1. The van der Waals surface area contributed by atoms with E-state index >= 15 is 0 Å². The van der Waals surface area contributed by atoms with E-state index in [1.165, 1.54) is 24.4 Å². The van der Waals surface area contributed by atoms with Crippen LogP contribution in [0.5, 0.6) is 5.75 Å². The average Bonchev–Trinajstić information content (AvgIpc) is 2.32. The summed E-state index contributed by atoms with van der Waals surface area (Å²) in [6.07, 6.45) is 1.46. The van der Waals surface area contributed by atoms with Gasteiger partial charge < -0.3 is 16.2 Å². The Balaban J connectivity index is 2.25. The number of benzene rings is 1. The lowest BCUT2D eigenvalue weighted by Gasteiger charge is -2.07. The number of nitrogens with zero attached hydrogens (tertiary/aromatic N) is 1. The average molecular weight is 264 g/mol. The molecule has 2 rings (SSSR count). The second kappa shape index (κ2) is 4.93. The summed E-state index contributed by atoms with van der Waals surface area (Å²) in [6, 6.07) is 7.54. The number of nitrogens with one attached hydrogen (secondary N) is 1. The molecule has 1 aromatic heterocycles. The smallest absolute Gasteiger partial charge is 0.258 e. The number of carbonyl (C=O) groups is 1. The molecule has 1 aromatic carbocycles. The van der Waals surface area contributed by atoms with Crippen LogP contribution in [0.2, 0.25) is 5.02 Å². The van der Waals surface area contributed by atoms with Crippen LogP contribution in [-0.4, -0.2) is 16.0 Å². The topological polar surface area (TPSA) is 88.2 Å². The Kier molecular flexibility index (Phi) is 3.34. The minimum absolute atomic E-state index is 0.0791. The van der Waals surface area contributed by atoms with Gasteiger partial charge in [-0.25, -0.2) is 4.98 Å². The third-order valence-corrected chi connectivity index (χ3v) is 2.57. The van der Waals surface area contributed by atoms with Gasteiger partial charge in [0, 0.05) is 11.9 Å². The molecule has 0 saturated carbocycles. The molecule has 4 N–H and O–H groups in total. The van der Waals surface area contributed by atoms with Crippen molar-refractivity contribution >= 4 is 29.0 Å². The molecule has 18 heavy (non-hydrogen) atoms. The number of nitrogens with two attached hydrogens (primary N) is 1. The van der Waals surface area contributed by atoms with Crippen LogP contribution in [0.3, 0.4) is 0 Å². The highest BCUT2D eigenvalue weighted by Gasteiger charge is 2.12. The molecule has 1 heterocycles. The van der Waals surface area contributed by atoms with E-state index in [4.69, 9.17) is 17.3 Å². The van der Waals surface area contributed by atoms with E-state index in [1.54, 1.807) is 12.1 Å². The van der Waals surface area contributed by atoms with Crippen LogP contribution in [0.15, 0.2) is 36.5 Å². The molecular formula is C12H10ClN3O2. The Morgan fingerprint density at radius 3 is 2.83 bits per heavy atom. The number of anilines is 2. The van der Waals surface area contributed by atoms with Gasteiger partial charge in [-0.15, -0.1) is 0 Å². The van der Waals surface area contributed by atoms with Gasteiger partial charge in [-0.2, -0.15) is 0 Å². The molecule has 0 atom stereocenters. The molecule has 1 amide bonds. The third-order valence-electron chi connectivity index (χ3n) is 2.26. The van der Waals surface area contributed by atoms with Crippen LogP contribution in [0.25, 0.3) is 0 Å². The monoisotopic (exact) mass is 263 g/mol. The number of amides is 1. The van der Waals surface area contributed by atoms with Crippen LogP contribution in [0, 0.1) is 0 Å². The van der Waals surface area contributed by atoms with E-state index in [1.807, 2.05) is 0 Å². The van der Waals surface area contributed by atoms with Gasteiger partial charge >= 0.3 is 0 Å². The number of rotatable bonds is 2. The summed E-state index contributed by atoms with van der Waals surface area (Å²) in [5, 5.41) is 12.2. The summed E-state index contributed by atoms with van der Waals surface area (Å²) in [4.78, 5) is 15.8. The van der Waals surface area contributed by atoms with Crippen LogP contribution in [0.1, 0.15) is 10.4 Å². The van der Waals surface area contributed by atoms with Crippen molar-refractivity contribution < 1.29 is 9.90 Å². The zero-order valence-electron chi connectivity index (χ0n) is 9.22. The molecule has 0 unspecified atom stereocenters. The predicted molar refractivity (Wildman–Crippen MR) is 69.7 cm³/mol. The maximum atomic E-state index is 11.9. The largest absolute Gasteiger partial charge is 0.504 e. The lowest BCUT2D eigenvalue weighted by Crippen LogP contribution is -2.13. The Morgan fingerprint density at radius 2 is 2.17 bits per heavy atom. The minimum atomic E-state index is -0.464. The highest BCUT2D eigenvalue weighted by Crippen LogP contribution is 2.23. The summed E-state index contributed by atoms with van der Waals surface area (Å²) in [5.41, 5.74) is 6.27. The van der Waals surface area contributed by atoms with E-state index in [0.29, 0.717) is 5.69 Å². The number of hydrogen-bond acceptors (Lipinski definition) is 4. The molecule has 0 spiro atoms. The second-order valence-electron chi connectivity index (χ2n) is 3.56. The summed E-state index contributed by atoms with van der Waals surface area (Å²) in [6.45, 7) is 0. The molecule has 0 aliphatic carbocycles. The van der Waals surface area contributed by atoms with Gasteiger partial charge in [-0.3, -0.25) is 4.79 Å². The summed E-state index contributed by atoms with van der Waals surface area (Å²) in [7, 11) is 0. The lowest BCUT2D eigenvalue weighted by atomic mass is 10.2. The third kappa shape index (κ3) is 2.52. The summed E-state index contributed by atoms with van der Waals surface area (Å²) in [5.74, 6) is -0.498. The molecule has 0 bridgehead atoms. The quantitative estimate of drug-likeness (QED) is 0.725. The number of aromatic nitrogens is 1. The van der Waals surface area contributed by atoms with Crippen molar-refractivity contribution in [3.05, 3.63) is 47.1 Å². The fourth-order valence-electron chi connectivity index (χ4n) is 1.38. The number of carbonyl (C=O) groups excluding carboxylic acids is 1. The van der Waals surface area contributed by atoms with Crippen molar-refractivity contribution in [1.29, 1.82) is 0 Å². The molecule has 0 fully saturated rings. The van der Waals surface area contributed by atoms with Crippen molar-refractivity contribution in [1.82, 2.24) is 4.98 Å². The summed E-state index contributed by atoms with van der Waals surface area (Å²) >= 11 is 5.91. The molecule has 0 aliphatic rings. The zero-order valence-corrected chi connectivity index (χ0v) is 9.98. The van der Waals surface area contributed by atoms with E-state index in [2.05, 4.69) is 10.3 Å². The van der Waals surface area contributed by atoms with Gasteiger partial charge in [0.05, 0.1) is 10.6 Å². The fourth-order valence-corrected chi connectivity index (χ4v) is 1.66. The summed E-state index contributed by atoms with van der Waals surface area (Å²) < 4.78 is 0. The Labute approximate surface area is 108 Å². The minimum Gasteiger partial charge on any atom is -0.504 e. The standard InChI is InChI=1S/C12H10ClN3O2/c13-9-6-7(14)3-4-8(9)12(18)16-11-10(17)2-1-5-15-11/h1-6,17H,14H2,(H,15,16,18). The number of pyridine rings is 1. The van der Waals surface area contributed by atoms with Crippen LogP contribution in [-0.2, 0) is 0 Å². The molecule has 0 radical (unpaired) electrons. The van der Waals surface area contributed by atoms with Gasteiger partial charge in [0.1, 0.15) is 0 Å². The highest BCUT2D eigenvalue weighted by atomic mass is 35.5. The Bertz CT molecular complexity index is 602. The lowest BCUT2D eigenvalue weighted by molar-refractivity contribution is 0.102. The first-order valence-corrected chi connectivity index (χ1v) is 5.46. The number of hydrogen-bond donors (Lipinski definition) is 3. The van der Waals surface area contributed by atoms with Gasteiger partial charge in [-0.1, -0.05) is 11.6 Å². The van der Waals surface area contributed by atoms with Gasteiger partial charge in [0.15, 0.2) is 11.6 Å². The van der Waals surface area contributed by atoms with Crippen molar-refractivity contribution in [3.8, 4) is 5.75 Å². The molecule has 5 nitrogen and oxygen atoms in total. The maximum absolute atomic E-state index is 11.9. The van der Waals surface area contributed by atoms with Gasteiger partial charge in [-0.05, 0) is 30.3 Å². The van der Waals surface area contributed by atoms with E-state index in [0.717, 1.165) is 0 Å². The normalized spacial score (nSPS) is 10.1. The van der Waals surface area contributed by atoms with Crippen LogP contribution < -0.4 is 11.1 Å². The Morgan fingerprint density at radius 1 is 1.39 bits per heavy atom. The molecule has 0 saturated heterocycles. The second-order valence-corrected chi connectivity index (χ2v) is 3.97. The molecular weight excluding hydrogens is 254 g/mol. The first-order valence-electron chi connectivity index (χ1n) is 5.08. The molecule has 0 aliphatic heterocycles. The number of nitrogen functional groups attached to an aromatic ring is 1. The molecule has 6 heteroatoms. The van der Waals surface area contributed by atoms with Gasteiger partial charge in [0.2, 0.25) is 0 Å². The van der Waals surface area contributed by atoms with E-state index in [9.17, 15) is 9.90 Å². The van der Waals surface area contributed by atoms with Crippen molar-refractivity contribution in [2.24, 2.45) is 0 Å². The van der Waals surface area contributed by atoms with E-state index in [-0.39, 0.29) is 22.2 Å². The molecule has 92 valence electrons. The molecule has 2 aromatic rings. The van der Waals surface area contributed by atoms with Crippen molar-refractivity contribution in [2.45, 2.75) is 0 Å². The van der Waals surface area contributed by atoms with Crippen LogP contribution >= 0.6 is 11.6 Å². The Hall–Kier alpha value is -2.27. The zero-order chi connectivity index (χ0) is 13.1. The van der Waals surface area contributed by atoms with Crippen molar-refractivity contribution in [2.75, 3.05) is 11.1 Å². The first kappa shape index (κ1) is 12.2. The van der Waals surface area contributed by atoms with E-state index < -0.39 is 5.91 Å². The maximum Gasteiger partial charge on any atom is 0.258 e. The first-order chi connectivity index (χ1) is 8.58. The van der Waals surface area contributed by atoms with Crippen molar-refractivity contribution in [3.63, 3.8) is 0 Å². The fraction of sp³-hybridized carbons (Fsp3) is 0. The SMILES string of the molecule is Nc1ccc(C(=O)Nc2ncccc2O)c(Cl)c1. The van der Waals surface area contributed by atoms with Gasteiger partial charge in [0.25, 0.3) is 5.91 Å². The number of aromatic hydroxyl groups is 1. The predicted octanol–water partition coefficient (Wildman–Crippen LogP) is 2.28. The highest BCUT2D eigenvalue weighted by molar-refractivity contribution is 6.34.